The molecule has 2 saturated heterocycles. The van der Waals surface area contributed by atoms with E-state index in [9.17, 15) is 26.8 Å². The predicted octanol–water partition coefficient (Wildman–Crippen LogP) is 2.95. The zero-order valence-electron chi connectivity index (χ0n) is 21.3. The summed E-state index contributed by atoms with van der Waals surface area (Å²) in [6.07, 6.45) is 2.32. The normalized spacial score (nSPS) is 21.1. The standard InChI is InChI=1S/C26H24ClF2N5O4S2/c1-3-21(35)32-6-7-33(20-13-31(12-19(20)32)40(2,37)38)25-16-11-17(27)22(15-5-4-14(28)10-18(15)29)24-23(16)34(8-9-39-24)26(36)30-25/h3-5,10-11,19-20H,1,6-9,12-13H2,2H3. The third kappa shape index (κ3) is 4.30. The van der Waals surface area contributed by atoms with Gasteiger partial charge in [-0.2, -0.15) is 9.29 Å². The molecule has 4 heterocycles. The molecular formula is C26H24ClF2N5O4S2. The zero-order chi connectivity index (χ0) is 28.5. The maximum absolute atomic E-state index is 14.9. The number of hydrogen-bond donors (Lipinski definition) is 0. The van der Waals surface area contributed by atoms with Crippen LogP contribution in [0.1, 0.15) is 0 Å². The molecule has 9 nitrogen and oxygen atoms in total. The van der Waals surface area contributed by atoms with Crippen molar-refractivity contribution in [3.8, 4) is 11.1 Å². The van der Waals surface area contributed by atoms with Crippen LogP contribution < -0.4 is 10.6 Å². The Morgan fingerprint density at radius 2 is 1.93 bits per heavy atom. The van der Waals surface area contributed by atoms with Crippen molar-refractivity contribution < 1.29 is 22.0 Å². The number of sulfonamides is 1. The summed E-state index contributed by atoms with van der Waals surface area (Å²) in [4.78, 5) is 34.5. The first-order valence-corrected chi connectivity index (χ1v) is 15.7. The van der Waals surface area contributed by atoms with Crippen LogP contribution in [-0.4, -0.2) is 83.4 Å². The predicted molar refractivity (Wildman–Crippen MR) is 150 cm³/mol. The highest BCUT2D eigenvalue weighted by molar-refractivity contribution is 7.99. The van der Waals surface area contributed by atoms with Crippen molar-refractivity contribution >= 4 is 56.0 Å². The summed E-state index contributed by atoms with van der Waals surface area (Å²) in [6, 6.07) is 3.93. The minimum absolute atomic E-state index is 0.102. The number of aromatic nitrogens is 2. The molecule has 1 amide bonds. The molecule has 210 valence electrons. The summed E-state index contributed by atoms with van der Waals surface area (Å²) in [5, 5.41) is 0.759. The third-order valence-corrected chi connectivity index (χ3v) is 10.3. The van der Waals surface area contributed by atoms with Gasteiger partial charge in [-0.05, 0) is 24.3 Å². The van der Waals surface area contributed by atoms with Gasteiger partial charge < -0.3 is 9.80 Å². The molecule has 14 heteroatoms. The van der Waals surface area contributed by atoms with Crippen molar-refractivity contribution in [2.45, 2.75) is 23.5 Å². The van der Waals surface area contributed by atoms with E-state index in [1.165, 1.54) is 32.8 Å². The number of rotatable bonds is 4. The van der Waals surface area contributed by atoms with E-state index >= 15 is 0 Å². The molecule has 2 atom stereocenters. The van der Waals surface area contributed by atoms with Crippen LogP contribution in [0.5, 0.6) is 0 Å². The van der Waals surface area contributed by atoms with Gasteiger partial charge in [0.25, 0.3) is 0 Å². The van der Waals surface area contributed by atoms with Crippen LogP contribution in [-0.2, 0) is 21.4 Å². The van der Waals surface area contributed by atoms with E-state index in [0.717, 1.165) is 18.4 Å². The van der Waals surface area contributed by atoms with Crippen molar-refractivity contribution in [3.05, 3.63) is 64.1 Å². The van der Waals surface area contributed by atoms with E-state index in [4.69, 9.17) is 11.6 Å². The van der Waals surface area contributed by atoms with Gasteiger partial charge in [0.1, 0.15) is 17.5 Å². The summed E-state index contributed by atoms with van der Waals surface area (Å²) >= 11 is 8.20. The summed E-state index contributed by atoms with van der Waals surface area (Å²) in [7, 11) is -3.56. The molecule has 0 saturated carbocycles. The summed E-state index contributed by atoms with van der Waals surface area (Å²) in [6.45, 7) is 4.72. The van der Waals surface area contributed by atoms with E-state index in [-0.39, 0.29) is 36.1 Å². The first kappa shape index (κ1) is 27.2. The summed E-state index contributed by atoms with van der Waals surface area (Å²) < 4.78 is 56.4. The number of anilines is 1. The van der Waals surface area contributed by atoms with E-state index in [2.05, 4.69) is 11.6 Å². The van der Waals surface area contributed by atoms with Gasteiger partial charge in [0, 0.05) is 66.0 Å². The molecule has 0 radical (unpaired) electrons. The number of hydrogen-bond acceptors (Lipinski definition) is 7. The Balaban J connectivity index is 1.55. The maximum Gasteiger partial charge on any atom is 0.350 e. The number of carbonyl (C=O) groups excluding carboxylic acids is 1. The number of nitrogens with zero attached hydrogens (tertiary/aromatic N) is 5. The Morgan fingerprint density at radius 3 is 2.62 bits per heavy atom. The number of aryl methyl sites for hydroxylation is 1. The second-order valence-electron chi connectivity index (χ2n) is 9.94. The highest BCUT2D eigenvalue weighted by atomic mass is 35.5. The van der Waals surface area contributed by atoms with Crippen LogP contribution >= 0.6 is 23.4 Å². The van der Waals surface area contributed by atoms with Crippen molar-refractivity contribution in [2.24, 2.45) is 0 Å². The van der Waals surface area contributed by atoms with Gasteiger partial charge >= 0.3 is 5.69 Å². The molecular weight excluding hydrogens is 584 g/mol. The smallest absolute Gasteiger partial charge is 0.348 e. The SMILES string of the molecule is C=CC(=O)N1CCN(c2nc(=O)n3c4c(c(-c5ccc(F)cc5F)c(Cl)cc24)SCC3)C2CN(S(C)(=O)=O)CC21. The van der Waals surface area contributed by atoms with Crippen molar-refractivity contribution in [1.29, 1.82) is 0 Å². The first-order valence-electron chi connectivity index (χ1n) is 12.5. The second-order valence-corrected chi connectivity index (χ2v) is 13.4. The fourth-order valence-corrected chi connectivity index (χ4v) is 8.34. The summed E-state index contributed by atoms with van der Waals surface area (Å²) in [5.74, 6) is -0.949. The number of piperazine rings is 1. The molecule has 1 aromatic heterocycles. The van der Waals surface area contributed by atoms with E-state index in [1.54, 1.807) is 11.0 Å². The van der Waals surface area contributed by atoms with Gasteiger partial charge in [0.2, 0.25) is 15.9 Å². The number of benzene rings is 2. The topological polar surface area (TPSA) is 95.8 Å². The number of carbonyl (C=O) groups is 1. The highest BCUT2D eigenvalue weighted by Crippen LogP contribution is 2.46. The number of thioether (sulfide) groups is 1. The second kappa shape index (κ2) is 9.82. The molecule has 40 heavy (non-hydrogen) atoms. The van der Waals surface area contributed by atoms with E-state index in [0.29, 0.717) is 46.0 Å². The molecule has 0 bridgehead atoms. The average Bonchev–Trinajstić information content (AvgIpc) is 3.37. The molecule has 0 aliphatic carbocycles. The van der Waals surface area contributed by atoms with Crippen LogP contribution in [0.4, 0.5) is 14.6 Å². The quantitative estimate of drug-likeness (QED) is 0.421. The zero-order valence-corrected chi connectivity index (χ0v) is 23.7. The van der Waals surface area contributed by atoms with Crippen LogP contribution in [0.25, 0.3) is 22.0 Å². The first-order chi connectivity index (χ1) is 19.0. The lowest BCUT2D eigenvalue weighted by Crippen LogP contribution is -2.61. The Morgan fingerprint density at radius 1 is 1.18 bits per heavy atom. The molecule has 2 aromatic carbocycles. The Labute approximate surface area is 238 Å². The minimum Gasteiger partial charge on any atom is -0.348 e. The van der Waals surface area contributed by atoms with Gasteiger partial charge in [-0.15, -0.1) is 11.8 Å². The Kier molecular flexibility index (Phi) is 6.68. The highest BCUT2D eigenvalue weighted by Gasteiger charge is 2.47. The monoisotopic (exact) mass is 607 g/mol. The van der Waals surface area contributed by atoms with Gasteiger partial charge in [-0.3, -0.25) is 9.36 Å². The average molecular weight is 608 g/mol. The molecule has 6 rings (SSSR count). The molecule has 2 fully saturated rings. The number of amides is 1. The van der Waals surface area contributed by atoms with Gasteiger partial charge in [0.05, 0.1) is 28.9 Å². The third-order valence-electron chi connectivity index (χ3n) is 7.72. The minimum atomic E-state index is -3.56. The van der Waals surface area contributed by atoms with Crippen LogP contribution in [0.15, 0.2) is 46.6 Å². The van der Waals surface area contributed by atoms with Crippen molar-refractivity contribution in [3.63, 3.8) is 0 Å². The molecule has 0 spiro atoms. The Hall–Kier alpha value is -3.00. The van der Waals surface area contributed by atoms with Crippen LogP contribution in [0.3, 0.4) is 0 Å². The maximum atomic E-state index is 14.9. The molecule has 2 unspecified atom stereocenters. The van der Waals surface area contributed by atoms with Crippen molar-refractivity contribution in [2.75, 3.05) is 43.1 Å². The number of halogens is 3. The van der Waals surface area contributed by atoms with Crippen molar-refractivity contribution in [1.82, 2.24) is 18.8 Å². The molecule has 3 aliphatic rings. The largest absolute Gasteiger partial charge is 0.350 e. The molecule has 3 aliphatic heterocycles. The fraction of sp³-hybridized carbons (Fsp3) is 0.346. The van der Waals surface area contributed by atoms with Gasteiger partial charge in [0.15, 0.2) is 0 Å². The lowest BCUT2D eigenvalue weighted by molar-refractivity contribution is -0.128. The lowest BCUT2D eigenvalue weighted by Gasteiger charge is -2.44. The number of fused-ring (bicyclic) bond motifs is 1. The summed E-state index contributed by atoms with van der Waals surface area (Å²) in [5.41, 5.74) is 0.515. The molecule has 3 aromatic rings. The van der Waals surface area contributed by atoms with E-state index < -0.39 is 39.4 Å². The van der Waals surface area contributed by atoms with Crippen LogP contribution in [0.2, 0.25) is 5.02 Å². The molecule has 0 N–H and O–H groups in total. The van der Waals surface area contributed by atoms with Gasteiger partial charge in [-0.25, -0.2) is 22.0 Å². The lowest BCUT2D eigenvalue weighted by atomic mass is 10.0. The Bertz CT molecular complexity index is 1770. The van der Waals surface area contributed by atoms with E-state index in [1.807, 2.05) is 4.90 Å². The van der Waals surface area contributed by atoms with Crippen LogP contribution in [0, 0.1) is 11.6 Å². The fourth-order valence-electron chi connectivity index (χ4n) is 5.93. The van der Waals surface area contributed by atoms with Gasteiger partial charge in [-0.1, -0.05) is 18.2 Å².